The molecule has 1 aromatic heterocycles. The number of nitrogens with one attached hydrogen (secondary N) is 1. The fourth-order valence-electron chi connectivity index (χ4n) is 1.35. The summed E-state index contributed by atoms with van der Waals surface area (Å²) < 4.78 is 0.825. The summed E-state index contributed by atoms with van der Waals surface area (Å²) in [5.74, 6) is 0.519. The number of hydrogen-bond acceptors (Lipinski definition) is 3. The largest absolute Gasteiger partial charge is 0.391 e. The van der Waals surface area contributed by atoms with Crippen LogP contribution in [-0.4, -0.2) is 22.7 Å². The molecule has 1 saturated carbocycles. The van der Waals surface area contributed by atoms with E-state index in [0.717, 1.165) is 10.3 Å². The van der Waals surface area contributed by atoms with Crippen molar-refractivity contribution in [1.82, 2.24) is 4.98 Å². The van der Waals surface area contributed by atoms with Crippen molar-refractivity contribution < 1.29 is 5.11 Å². The molecule has 0 radical (unpaired) electrons. The zero-order valence-corrected chi connectivity index (χ0v) is 9.37. The summed E-state index contributed by atoms with van der Waals surface area (Å²) in [5, 5.41) is 12.8. The molecule has 4 heteroatoms. The van der Waals surface area contributed by atoms with Crippen molar-refractivity contribution in [3.05, 3.63) is 22.9 Å². The molecule has 0 bridgehead atoms. The van der Waals surface area contributed by atoms with E-state index in [1.807, 2.05) is 12.1 Å². The van der Waals surface area contributed by atoms with Gasteiger partial charge in [0, 0.05) is 6.54 Å². The molecular formula is C10H13BrN2O. The highest BCUT2D eigenvalue weighted by molar-refractivity contribution is 9.10. The van der Waals surface area contributed by atoms with E-state index in [1.165, 1.54) is 12.8 Å². The van der Waals surface area contributed by atoms with Crippen LogP contribution in [-0.2, 0) is 0 Å². The Kier molecular flexibility index (Phi) is 3.03. The molecule has 1 atom stereocenters. The fraction of sp³-hybridized carbons (Fsp3) is 0.500. The molecule has 14 heavy (non-hydrogen) atoms. The Morgan fingerprint density at radius 3 is 2.93 bits per heavy atom. The van der Waals surface area contributed by atoms with Crippen LogP contribution in [0.25, 0.3) is 0 Å². The maximum absolute atomic E-state index is 9.61. The van der Waals surface area contributed by atoms with Gasteiger partial charge in [0.05, 0.1) is 18.0 Å². The van der Waals surface area contributed by atoms with Gasteiger partial charge in [-0.3, -0.25) is 0 Å². The minimum absolute atomic E-state index is 0.210. The van der Waals surface area contributed by atoms with Crippen LogP contribution in [0.15, 0.2) is 22.9 Å². The van der Waals surface area contributed by atoms with Crippen molar-refractivity contribution >= 4 is 21.6 Å². The highest BCUT2D eigenvalue weighted by atomic mass is 79.9. The minimum atomic E-state index is -0.210. The molecule has 1 aliphatic carbocycles. The number of halogens is 1. The fourth-order valence-corrected chi connectivity index (χ4v) is 1.59. The van der Waals surface area contributed by atoms with E-state index in [-0.39, 0.29) is 6.10 Å². The monoisotopic (exact) mass is 256 g/mol. The summed E-state index contributed by atoms with van der Waals surface area (Å²) in [6, 6.07) is 3.82. The highest BCUT2D eigenvalue weighted by Crippen LogP contribution is 2.32. The second-order valence-electron chi connectivity index (χ2n) is 3.66. The lowest BCUT2D eigenvalue weighted by molar-refractivity contribution is 0.164. The van der Waals surface area contributed by atoms with Crippen LogP contribution in [0.3, 0.4) is 0 Å². The lowest BCUT2D eigenvalue weighted by atomic mass is 10.2. The van der Waals surface area contributed by atoms with Gasteiger partial charge in [0.25, 0.3) is 0 Å². The molecule has 0 saturated heterocycles. The molecule has 1 unspecified atom stereocenters. The first-order valence-corrected chi connectivity index (χ1v) is 5.58. The third-order valence-corrected chi connectivity index (χ3v) is 2.88. The predicted octanol–water partition coefficient (Wildman–Crippen LogP) is 2.03. The number of hydrogen-bond donors (Lipinski definition) is 2. The highest BCUT2D eigenvalue weighted by Gasteiger charge is 2.29. The second-order valence-corrected chi connectivity index (χ2v) is 4.47. The number of nitrogens with zero attached hydrogens (tertiary/aromatic N) is 1. The molecule has 0 aromatic carbocycles. The number of aliphatic hydroxyl groups is 1. The van der Waals surface area contributed by atoms with E-state index >= 15 is 0 Å². The predicted molar refractivity (Wildman–Crippen MR) is 59.2 cm³/mol. The molecule has 76 valence electrons. The van der Waals surface area contributed by atoms with Gasteiger partial charge in [-0.05, 0) is 46.8 Å². The van der Waals surface area contributed by atoms with Crippen molar-refractivity contribution in [2.24, 2.45) is 5.92 Å². The zero-order valence-electron chi connectivity index (χ0n) is 7.78. The van der Waals surface area contributed by atoms with Gasteiger partial charge in [0.2, 0.25) is 0 Å². The summed E-state index contributed by atoms with van der Waals surface area (Å²) in [6.07, 6.45) is 3.88. The third kappa shape index (κ3) is 2.69. The van der Waals surface area contributed by atoms with E-state index in [0.29, 0.717) is 12.5 Å². The SMILES string of the molecule is OC(CNc1ccc(Br)nc1)C1CC1. The lowest BCUT2D eigenvalue weighted by Gasteiger charge is -2.11. The first-order chi connectivity index (χ1) is 6.75. The second kappa shape index (κ2) is 4.28. The van der Waals surface area contributed by atoms with Gasteiger partial charge in [0.15, 0.2) is 0 Å². The molecule has 2 rings (SSSR count). The van der Waals surface area contributed by atoms with E-state index in [4.69, 9.17) is 0 Å². The van der Waals surface area contributed by atoms with Gasteiger partial charge < -0.3 is 10.4 Å². The van der Waals surface area contributed by atoms with Crippen molar-refractivity contribution in [2.75, 3.05) is 11.9 Å². The summed E-state index contributed by atoms with van der Waals surface area (Å²) in [4.78, 5) is 4.09. The van der Waals surface area contributed by atoms with Gasteiger partial charge in [-0.15, -0.1) is 0 Å². The third-order valence-electron chi connectivity index (χ3n) is 2.41. The van der Waals surface area contributed by atoms with Crippen molar-refractivity contribution in [3.63, 3.8) is 0 Å². The Morgan fingerprint density at radius 2 is 2.36 bits per heavy atom. The summed E-state index contributed by atoms with van der Waals surface area (Å²) in [5.41, 5.74) is 0.952. The van der Waals surface area contributed by atoms with E-state index in [2.05, 4.69) is 26.2 Å². The smallest absolute Gasteiger partial charge is 0.106 e. The van der Waals surface area contributed by atoms with Crippen LogP contribution < -0.4 is 5.32 Å². The summed E-state index contributed by atoms with van der Waals surface area (Å²) in [6.45, 7) is 0.619. The van der Waals surface area contributed by atoms with Crippen LogP contribution in [0.1, 0.15) is 12.8 Å². The van der Waals surface area contributed by atoms with E-state index in [9.17, 15) is 5.11 Å². The normalized spacial score (nSPS) is 17.9. The molecule has 0 amide bonds. The van der Waals surface area contributed by atoms with Crippen LogP contribution in [0.4, 0.5) is 5.69 Å². The Bertz CT molecular complexity index is 297. The van der Waals surface area contributed by atoms with Crippen LogP contribution in [0.5, 0.6) is 0 Å². The Labute approximate surface area is 91.7 Å². The summed E-state index contributed by atoms with van der Waals surface area (Å²) >= 11 is 3.27. The molecule has 1 heterocycles. The Morgan fingerprint density at radius 1 is 1.57 bits per heavy atom. The molecule has 1 fully saturated rings. The molecular weight excluding hydrogens is 244 g/mol. The zero-order chi connectivity index (χ0) is 9.97. The molecule has 0 aliphatic heterocycles. The Hall–Kier alpha value is -0.610. The average Bonchev–Trinajstić information content (AvgIpc) is 3.00. The van der Waals surface area contributed by atoms with Gasteiger partial charge >= 0.3 is 0 Å². The van der Waals surface area contributed by atoms with Crippen molar-refractivity contribution in [2.45, 2.75) is 18.9 Å². The first-order valence-electron chi connectivity index (χ1n) is 4.79. The van der Waals surface area contributed by atoms with E-state index in [1.54, 1.807) is 6.20 Å². The minimum Gasteiger partial charge on any atom is -0.391 e. The average molecular weight is 257 g/mol. The Balaban J connectivity index is 1.82. The van der Waals surface area contributed by atoms with Crippen molar-refractivity contribution in [1.29, 1.82) is 0 Å². The molecule has 0 spiro atoms. The summed E-state index contributed by atoms with van der Waals surface area (Å²) in [7, 11) is 0. The lowest BCUT2D eigenvalue weighted by Crippen LogP contribution is -2.21. The van der Waals surface area contributed by atoms with Gasteiger partial charge in [-0.1, -0.05) is 0 Å². The first kappa shape index (κ1) is 9.93. The van der Waals surface area contributed by atoms with Crippen LogP contribution in [0.2, 0.25) is 0 Å². The van der Waals surface area contributed by atoms with Gasteiger partial charge in [-0.25, -0.2) is 4.98 Å². The van der Waals surface area contributed by atoms with Gasteiger partial charge in [0.1, 0.15) is 4.60 Å². The van der Waals surface area contributed by atoms with Gasteiger partial charge in [-0.2, -0.15) is 0 Å². The van der Waals surface area contributed by atoms with Crippen LogP contribution in [0, 0.1) is 5.92 Å². The van der Waals surface area contributed by atoms with E-state index < -0.39 is 0 Å². The molecule has 1 aliphatic rings. The number of aliphatic hydroxyl groups excluding tert-OH is 1. The topological polar surface area (TPSA) is 45.1 Å². The number of anilines is 1. The maximum atomic E-state index is 9.61. The quantitative estimate of drug-likeness (QED) is 0.811. The molecule has 3 nitrogen and oxygen atoms in total. The van der Waals surface area contributed by atoms with Crippen molar-refractivity contribution in [3.8, 4) is 0 Å². The maximum Gasteiger partial charge on any atom is 0.106 e. The number of pyridine rings is 1. The molecule has 2 N–H and O–H groups in total. The number of aromatic nitrogens is 1. The number of rotatable bonds is 4. The standard InChI is InChI=1S/C10H13BrN2O/c11-10-4-3-8(5-13-10)12-6-9(14)7-1-2-7/h3-5,7,9,12,14H,1-2,6H2. The molecule has 1 aromatic rings. The van der Waals surface area contributed by atoms with Crippen LogP contribution >= 0.6 is 15.9 Å².